The van der Waals surface area contributed by atoms with Crippen LogP contribution in [0.15, 0.2) is 72.9 Å². The van der Waals surface area contributed by atoms with Crippen LogP contribution in [0.3, 0.4) is 0 Å². The largest absolute Gasteiger partial charge is 0.394 e. The standard InChI is InChI=1S/C41H69NO8/c1-3-5-7-9-10-11-12-13-14-15-16-17-18-19-20-21-22-23-24-25-26-27-29-31-37(45)42-34(35(44)30-28-8-6-4-2)33-49-41-40(48)39(47)38(46)36(32-43)50-41/h5,7,10-11,13-14,16-17,19-20,28,30,34-36,38-41,43-44,46-48H,3-4,6,8-9,12,15,18,21-27,29,31-33H2,1-2H3,(H,42,45)/b7-5-,11-10-,14-13-,17-16-,20-19-,30-28+. The maximum atomic E-state index is 12.8. The first kappa shape index (κ1) is 45.7. The van der Waals surface area contributed by atoms with Crippen LogP contribution in [0.2, 0.25) is 0 Å². The van der Waals surface area contributed by atoms with Crippen molar-refractivity contribution in [2.24, 2.45) is 0 Å². The molecule has 7 unspecified atom stereocenters. The molecule has 9 nitrogen and oxygen atoms in total. The van der Waals surface area contributed by atoms with Crippen molar-refractivity contribution in [3.8, 4) is 0 Å². The van der Waals surface area contributed by atoms with E-state index in [1.54, 1.807) is 6.08 Å². The average molecular weight is 704 g/mol. The summed E-state index contributed by atoms with van der Waals surface area (Å²) in [5.41, 5.74) is 0. The molecule has 9 heteroatoms. The van der Waals surface area contributed by atoms with Crippen LogP contribution in [0.25, 0.3) is 0 Å². The van der Waals surface area contributed by atoms with Gasteiger partial charge in [0.15, 0.2) is 6.29 Å². The fraction of sp³-hybridized carbons (Fsp3) is 0.683. The molecule has 0 saturated carbocycles. The van der Waals surface area contributed by atoms with E-state index in [1.807, 2.05) is 6.08 Å². The zero-order valence-corrected chi connectivity index (χ0v) is 30.9. The minimum Gasteiger partial charge on any atom is -0.394 e. The third kappa shape index (κ3) is 22.4. The molecule has 7 atom stereocenters. The third-order valence-corrected chi connectivity index (χ3v) is 8.54. The SMILES string of the molecule is CC/C=C\C/C=C\C/C=C\C/C=C\C/C=C\CCCCCCCCCC(=O)NC(COC1OC(CO)C(O)C(O)C1O)C(O)/C=C/CCCC. The van der Waals surface area contributed by atoms with Gasteiger partial charge in [0, 0.05) is 6.42 Å². The van der Waals surface area contributed by atoms with Crippen LogP contribution in [-0.2, 0) is 14.3 Å². The van der Waals surface area contributed by atoms with Crippen LogP contribution >= 0.6 is 0 Å². The molecule has 286 valence electrons. The Kier molecular flexibility index (Phi) is 28.6. The van der Waals surface area contributed by atoms with Gasteiger partial charge in [-0.25, -0.2) is 0 Å². The second-order valence-electron chi connectivity index (χ2n) is 13.0. The van der Waals surface area contributed by atoms with Gasteiger partial charge in [-0.05, 0) is 57.8 Å². The Morgan fingerprint density at radius 3 is 1.82 bits per heavy atom. The lowest BCUT2D eigenvalue weighted by atomic mass is 9.99. The Morgan fingerprint density at radius 1 is 0.700 bits per heavy atom. The second-order valence-corrected chi connectivity index (χ2v) is 13.0. The summed E-state index contributed by atoms with van der Waals surface area (Å²) in [6.07, 6.45) is 34.4. The fourth-order valence-corrected chi connectivity index (χ4v) is 5.40. The van der Waals surface area contributed by atoms with Gasteiger partial charge in [-0.2, -0.15) is 0 Å². The first-order valence-corrected chi connectivity index (χ1v) is 19.2. The molecule has 0 aliphatic carbocycles. The molecule has 1 saturated heterocycles. The molecule has 6 N–H and O–H groups in total. The molecule has 50 heavy (non-hydrogen) atoms. The molecule has 1 aliphatic heterocycles. The minimum atomic E-state index is -1.57. The number of ether oxygens (including phenoxy) is 2. The van der Waals surface area contributed by atoms with Gasteiger partial charge in [0.25, 0.3) is 0 Å². The summed E-state index contributed by atoms with van der Waals surface area (Å²) in [5, 5.41) is 53.4. The van der Waals surface area contributed by atoms with E-state index in [0.29, 0.717) is 6.42 Å². The normalized spacial score (nSPS) is 23.1. The lowest BCUT2D eigenvalue weighted by molar-refractivity contribution is -0.302. The molecule has 0 radical (unpaired) electrons. The van der Waals surface area contributed by atoms with Gasteiger partial charge < -0.3 is 40.3 Å². The highest BCUT2D eigenvalue weighted by atomic mass is 16.7. The molecule has 1 amide bonds. The van der Waals surface area contributed by atoms with E-state index in [-0.39, 0.29) is 12.5 Å². The molecule has 1 heterocycles. The van der Waals surface area contributed by atoms with Crippen LogP contribution in [0, 0.1) is 0 Å². The second kappa shape index (κ2) is 31.4. The van der Waals surface area contributed by atoms with Gasteiger partial charge in [0.1, 0.15) is 24.4 Å². The van der Waals surface area contributed by atoms with E-state index in [4.69, 9.17) is 9.47 Å². The number of carbonyl (C=O) groups excluding carboxylic acids is 1. The zero-order valence-electron chi connectivity index (χ0n) is 30.9. The Labute approximate surface area is 302 Å². The average Bonchev–Trinajstić information content (AvgIpc) is 3.11. The quantitative estimate of drug-likeness (QED) is 0.0375. The van der Waals surface area contributed by atoms with E-state index < -0.39 is 49.5 Å². The summed E-state index contributed by atoms with van der Waals surface area (Å²) in [4.78, 5) is 12.8. The lowest BCUT2D eigenvalue weighted by Gasteiger charge is -2.40. The number of rotatable bonds is 29. The summed E-state index contributed by atoms with van der Waals surface area (Å²) in [7, 11) is 0. The number of amides is 1. The highest BCUT2D eigenvalue weighted by Gasteiger charge is 2.44. The molecule has 0 aromatic rings. The lowest BCUT2D eigenvalue weighted by Crippen LogP contribution is -2.60. The molecule has 0 aromatic heterocycles. The number of allylic oxidation sites excluding steroid dienone is 11. The molecule has 1 fully saturated rings. The van der Waals surface area contributed by atoms with Gasteiger partial charge in [0.05, 0.1) is 25.4 Å². The van der Waals surface area contributed by atoms with Crippen LogP contribution in [0.5, 0.6) is 0 Å². The summed E-state index contributed by atoms with van der Waals surface area (Å²) in [5.74, 6) is -0.203. The number of nitrogens with one attached hydrogen (secondary N) is 1. The van der Waals surface area contributed by atoms with Crippen LogP contribution in [0.4, 0.5) is 0 Å². The Hall–Kier alpha value is -2.37. The highest BCUT2D eigenvalue weighted by Crippen LogP contribution is 2.22. The van der Waals surface area contributed by atoms with Crippen molar-refractivity contribution in [3.05, 3.63) is 72.9 Å². The monoisotopic (exact) mass is 704 g/mol. The van der Waals surface area contributed by atoms with Gasteiger partial charge in [-0.1, -0.05) is 132 Å². The number of carbonyl (C=O) groups is 1. The number of aliphatic hydroxyl groups is 5. The Balaban J connectivity index is 2.23. The summed E-state index contributed by atoms with van der Waals surface area (Å²) < 4.78 is 11.0. The zero-order chi connectivity index (χ0) is 36.7. The molecule has 0 aromatic carbocycles. The van der Waals surface area contributed by atoms with E-state index >= 15 is 0 Å². The van der Waals surface area contributed by atoms with Crippen molar-refractivity contribution in [3.63, 3.8) is 0 Å². The predicted octanol–water partition coefficient (Wildman–Crippen LogP) is 6.66. The fourth-order valence-electron chi connectivity index (χ4n) is 5.40. The molecular weight excluding hydrogens is 634 g/mol. The molecule has 1 rings (SSSR count). The number of unbranched alkanes of at least 4 members (excludes halogenated alkanes) is 9. The van der Waals surface area contributed by atoms with Crippen LogP contribution in [-0.4, -0.2) is 87.5 Å². The maximum Gasteiger partial charge on any atom is 0.220 e. The van der Waals surface area contributed by atoms with Crippen LogP contribution < -0.4 is 5.32 Å². The van der Waals surface area contributed by atoms with Crippen LogP contribution in [0.1, 0.15) is 123 Å². The van der Waals surface area contributed by atoms with Crippen molar-refractivity contribution >= 4 is 5.91 Å². The molecule has 1 aliphatic rings. The van der Waals surface area contributed by atoms with E-state index in [2.05, 4.69) is 79.9 Å². The number of hydrogen-bond acceptors (Lipinski definition) is 8. The predicted molar refractivity (Wildman–Crippen MR) is 202 cm³/mol. The third-order valence-electron chi connectivity index (χ3n) is 8.54. The molecule has 0 bridgehead atoms. The smallest absolute Gasteiger partial charge is 0.220 e. The minimum absolute atomic E-state index is 0.201. The van der Waals surface area contributed by atoms with Gasteiger partial charge in [-0.15, -0.1) is 0 Å². The van der Waals surface area contributed by atoms with Crippen molar-refractivity contribution in [1.82, 2.24) is 5.32 Å². The summed E-state index contributed by atoms with van der Waals surface area (Å²) >= 11 is 0. The topological polar surface area (TPSA) is 149 Å². The van der Waals surface area contributed by atoms with Crippen molar-refractivity contribution in [1.29, 1.82) is 0 Å². The van der Waals surface area contributed by atoms with E-state index in [1.165, 1.54) is 19.3 Å². The Morgan fingerprint density at radius 2 is 1.24 bits per heavy atom. The highest BCUT2D eigenvalue weighted by molar-refractivity contribution is 5.76. The maximum absolute atomic E-state index is 12.8. The van der Waals surface area contributed by atoms with E-state index in [0.717, 1.165) is 83.5 Å². The van der Waals surface area contributed by atoms with Gasteiger partial charge in [0.2, 0.25) is 5.91 Å². The first-order valence-electron chi connectivity index (χ1n) is 19.2. The number of aliphatic hydroxyl groups excluding tert-OH is 5. The molecular formula is C41H69NO8. The van der Waals surface area contributed by atoms with Gasteiger partial charge in [-0.3, -0.25) is 4.79 Å². The van der Waals surface area contributed by atoms with E-state index in [9.17, 15) is 30.3 Å². The van der Waals surface area contributed by atoms with Gasteiger partial charge >= 0.3 is 0 Å². The first-order chi connectivity index (χ1) is 24.3. The summed E-state index contributed by atoms with van der Waals surface area (Å²) in [6.45, 7) is 3.46. The molecule has 0 spiro atoms. The van der Waals surface area contributed by atoms with Crippen molar-refractivity contribution in [2.45, 2.75) is 166 Å². The Bertz CT molecular complexity index is 1000. The van der Waals surface area contributed by atoms with Crippen molar-refractivity contribution < 1.29 is 39.8 Å². The van der Waals surface area contributed by atoms with Crippen molar-refractivity contribution in [2.75, 3.05) is 13.2 Å². The summed E-state index contributed by atoms with van der Waals surface area (Å²) in [6, 6.07) is -0.810. The number of hydrogen-bond donors (Lipinski definition) is 6.